The second kappa shape index (κ2) is 6.85. The Morgan fingerprint density at radius 3 is 2.48 bits per heavy atom. The minimum atomic E-state index is -4.59. The maximum Gasteiger partial charge on any atom is 0.422 e. The number of hydrogen-bond donors (Lipinski definition) is 0. The van der Waals surface area contributed by atoms with Crippen LogP contribution in [0.5, 0.6) is 5.75 Å². The summed E-state index contributed by atoms with van der Waals surface area (Å²) in [4.78, 5) is 5.02. The minimum Gasteiger partial charge on any atom is -0.484 e. The van der Waals surface area contributed by atoms with Gasteiger partial charge in [-0.15, -0.1) is 0 Å². The second-order valence-electron chi connectivity index (χ2n) is 6.01. The lowest BCUT2D eigenvalue weighted by molar-refractivity contribution is -0.153. The lowest BCUT2D eigenvalue weighted by Crippen LogP contribution is -2.24. The van der Waals surface area contributed by atoms with Crippen molar-refractivity contribution in [1.82, 2.24) is 0 Å². The first-order valence-electron chi connectivity index (χ1n) is 6.95. The summed E-state index contributed by atoms with van der Waals surface area (Å²) in [6.07, 6.45) is -4.55. The number of sulfone groups is 1. The molecule has 0 saturated heterocycles. The van der Waals surface area contributed by atoms with Gasteiger partial charge in [0.2, 0.25) is 0 Å². The van der Waals surface area contributed by atoms with E-state index in [-0.39, 0.29) is 32.8 Å². The van der Waals surface area contributed by atoms with Gasteiger partial charge in [-0.2, -0.15) is 13.2 Å². The Labute approximate surface area is 152 Å². The Kier molecular flexibility index (Phi) is 5.51. The van der Waals surface area contributed by atoms with Gasteiger partial charge in [0.25, 0.3) is 0 Å². The quantitative estimate of drug-likeness (QED) is 0.726. The first-order valence-corrected chi connectivity index (χ1v) is 9.36. The summed E-state index contributed by atoms with van der Waals surface area (Å²) < 4.78 is 66.9. The maximum atomic E-state index is 12.5. The summed E-state index contributed by atoms with van der Waals surface area (Å²) in [6.45, 7) is 1.72. The number of benzene rings is 1. The van der Waals surface area contributed by atoms with Gasteiger partial charge in [0.15, 0.2) is 21.5 Å². The van der Waals surface area contributed by atoms with Crippen LogP contribution in [0.15, 0.2) is 17.3 Å². The van der Waals surface area contributed by atoms with Crippen molar-refractivity contribution < 1.29 is 31.2 Å². The van der Waals surface area contributed by atoms with Crippen LogP contribution in [0.25, 0.3) is 0 Å². The highest BCUT2D eigenvalue weighted by atomic mass is 35.5. The molecule has 1 aliphatic rings. The van der Waals surface area contributed by atoms with Crippen molar-refractivity contribution in [2.75, 3.05) is 6.61 Å². The number of nitrogens with zero attached hydrogens (tertiary/aromatic N) is 1. The molecule has 0 aromatic heterocycles. The third-order valence-electron chi connectivity index (χ3n) is 3.21. The Hall–Kier alpha value is -1.19. The fraction of sp³-hybridized carbons (Fsp3) is 0.500. The predicted octanol–water partition coefficient (Wildman–Crippen LogP) is 4.36. The van der Waals surface area contributed by atoms with Crippen LogP contribution >= 0.6 is 23.2 Å². The lowest BCUT2D eigenvalue weighted by atomic mass is 10.1. The molecule has 0 unspecified atom stereocenters. The van der Waals surface area contributed by atoms with Gasteiger partial charge in [0.05, 0.1) is 15.8 Å². The number of rotatable bonds is 4. The van der Waals surface area contributed by atoms with Crippen molar-refractivity contribution in [2.24, 2.45) is 5.16 Å². The summed E-state index contributed by atoms with van der Waals surface area (Å²) >= 11 is 11.8. The topological polar surface area (TPSA) is 65.0 Å². The molecular weight excluding hydrogens is 406 g/mol. The van der Waals surface area contributed by atoms with E-state index < -0.39 is 34.0 Å². The Bertz CT molecular complexity index is 807. The Morgan fingerprint density at radius 2 is 1.96 bits per heavy atom. The molecule has 2 rings (SSSR count). The molecule has 140 valence electrons. The molecule has 0 N–H and O–H groups in total. The second-order valence-corrected chi connectivity index (χ2v) is 8.79. The van der Waals surface area contributed by atoms with Crippen molar-refractivity contribution in [3.63, 3.8) is 0 Å². The first-order chi connectivity index (χ1) is 11.3. The van der Waals surface area contributed by atoms with Crippen molar-refractivity contribution in [2.45, 2.75) is 37.8 Å². The van der Waals surface area contributed by atoms with Gasteiger partial charge in [0, 0.05) is 12.0 Å². The molecule has 0 aliphatic carbocycles. The van der Waals surface area contributed by atoms with Gasteiger partial charge >= 0.3 is 6.18 Å². The molecule has 0 bridgehead atoms. The SMILES string of the molecule is CC1(C)CC(S(=O)(=O)Cc2c(OCC(F)(F)F)ccc(Cl)c2Cl)=NO1. The average molecular weight is 420 g/mol. The maximum absolute atomic E-state index is 12.5. The number of hydrogen-bond acceptors (Lipinski definition) is 5. The van der Waals surface area contributed by atoms with Crippen LogP contribution in [0.4, 0.5) is 13.2 Å². The molecule has 1 aliphatic heterocycles. The summed E-state index contributed by atoms with van der Waals surface area (Å²) in [6, 6.07) is 2.37. The molecule has 25 heavy (non-hydrogen) atoms. The minimum absolute atomic E-state index is 0.00355. The van der Waals surface area contributed by atoms with Gasteiger partial charge in [-0.25, -0.2) is 8.42 Å². The van der Waals surface area contributed by atoms with Crippen LogP contribution < -0.4 is 4.74 Å². The van der Waals surface area contributed by atoms with E-state index in [1.54, 1.807) is 13.8 Å². The van der Waals surface area contributed by atoms with Gasteiger partial charge < -0.3 is 9.57 Å². The van der Waals surface area contributed by atoms with Crippen LogP contribution in [-0.4, -0.2) is 31.8 Å². The number of oxime groups is 1. The lowest BCUT2D eigenvalue weighted by Gasteiger charge is -2.16. The molecule has 0 spiro atoms. The molecule has 0 amide bonds. The van der Waals surface area contributed by atoms with Crippen molar-refractivity contribution in [3.8, 4) is 5.75 Å². The average Bonchev–Trinajstić information content (AvgIpc) is 2.83. The molecule has 0 saturated carbocycles. The molecule has 0 atom stereocenters. The van der Waals surface area contributed by atoms with E-state index >= 15 is 0 Å². The van der Waals surface area contributed by atoms with E-state index in [1.165, 1.54) is 6.07 Å². The molecule has 0 fully saturated rings. The number of halogens is 5. The third-order valence-corrected chi connectivity index (χ3v) is 5.66. The fourth-order valence-corrected chi connectivity index (χ4v) is 4.08. The number of ether oxygens (including phenoxy) is 1. The molecule has 1 aromatic carbocycles. The van der Waals surface area contributed by atoms with Crippen LogP contribution in [0.3, 0.4) is 0 Å². The van der Waals surface area contributed by atoms with E-state index in [0.717, 1.165) is 6.07 Å². The highest BCUT2D eigenvalue weighted by Gasteiger charge is 2.37. The van der Waals surface area contributed by atoms with E-state index in [4.69, 9.17) is 28.0 Å². The van der Waals surface area contributed by atoms with Crippen LogP contribution in [0.1, 0.15) is 25.8 Å². The molecule has 0 radical (unpaired) electrons. The van der Waals surface area contributed by atoms with E-state index in [2.05, 4.69) is 9.89 Å². The third kappa shape index (κ3) is 5.15. The monoisotopic (exact) mass is 419 g/mol. The first kappa shape index (κ1) is 20.1. The predicted molar refractivity (Wildman–Crippen MR) is 87.9 cm³/mol. The summed E-state index contributed by atoms with van der Waals surface area (Å²) in [7, 11) is -3.98. The van der Waals surface area contributed by atoms with Gasteiger partial charge in [-0.1, -0.05) is 28.4 Å². The zero-order valence-corrected chi connectivity index (χ0v) is 15.5. The highest BCUT2D eigenvalue weighted by Crippen LogP contribution is 2.36. The fourth-order valence-electron chi connectivity index (χ4n) is 2.05. The Balaban J connectivity index is 2.33. The van der Waals surface area contributed by atoms with E-state index in [0.29, 0.717) is 0 Å². The van der Waals surface area contributed by atoms with Crippen LogP contribution in [0, 0.1) is 0 Å². The largest absolute Gasteiger partial charge is 0.484 e. The summed E-state index contributed by atoms with van der Waals surface area (Å²) in [5.74, 6) is -1.02. The highest BCUT2D eigenvalue weighted by molar-refractivity contribution is 8.05. The summed E-state index contributed by atoms with van der Waals surface area (Å²) in [5, 5.41) is 3.15. The van der Waals surface area contributed by atoms with E-state index in [9.17, 15) is 21.6 Å². The van der Waals surface area contributed by atoms with Crippen LogP contribution in [0.2, 0.25) is 10.0 Å². The van der Waals surface area contributed by atoms with Crippen LogP contribution in [-0.2, 0) is 20.4 Å². The molecule has 1 heterocycles. The standard InChI is InChI=1S/C14H14Cl2F3NO4S/c1-13(2)5-11(20-24-13)25(21,22)6-8-10(23-7-14(17,18)19)4-3-9(15)12(8)16/h3-4H,5-7H2,1-2H3. The van der Waals surface area contributed by atoms with E-state index in [1.807, 2.05) is 0 Å². The molecule has 11 heteroatoms. The molecular formula is C14H14Cl2F3NO4S. The molecule has 5 nitrogen and oxygen atoms in total. The van der Waals surface area contributed by atoms with Crippen molar-refractivity contribution >= 4 is 38.1 Å². The van der Waals surface area contributed by atoms with Gasteiger partial charge in [0.1, 0.15) is 11.4 Å². The van der Waals surface area contributed by atoms with Crippen molar-refractivity contribution in [3.05, 3.63) is 27.7 Å². The van der Waals surface area contributed by atoms with Crippen molar-refractivity contribution in [1.29, 1.82) is 0 Å². The normalized spacial score (nSPS) is 17.2. The smallest absolute Gasteiger partial charge is 0.422 e. The van der Waals surface area contributed by atoms with Gasteiger partial charge in [-0.05, 0) is 26.0 Å². The summed E-state index contributed by atoms with van der Waals surface area (Å²) in [5.41, 5.74) is -0.943. The zero-order chi connectivity index (χ0) is 19.0. The Morgan fingerprint density at radius 1 is 1.32 bits per heavy atom. The zero-order valence-electron chi connectivity index (χ0n) is 13.2. The molecule has 1 aromatic rings. The van der Waals surface area contributed by atoms with Gasteiger partial charge in [-0.3, -0.25) is 0 Å². The number of alkyl halides is 3.